The highest BCUT2D eigenvalue weighted by molar-refractivity contribution is 6.30. The lowest BCUT2D eigenvalue weighted by Crippen LogP contribution is -2.10. The van der Waals surface area contributed by atoms with Crippen molar-refractivity contribution in [2.75, 3.05) is 0 Å². The maximum absolute atomic E-state index is 9.62. The minimum Gasteiger partial charge on any atom is -0.438 e. The number of aryl methyl sites for hydroxylation is 3. The first-order chi connectivity index (χ1) is 12.9. The van der Waals surface area contributed by atoms with Gasteiger partial charge in [-0.1, -0.05) is 22.8 Å². The van der Waals surface area contributed by atoms with Crippen LogP contribution in [0.4, 0.5) is 0 Å². The van der Waals surface area contributed by atoms with Crippen LogP contribution < -0.4 is 4.74 Å². The number of hydrogen-bond acceptors (Lipinski definition) is 5. The Morgan fingerprint density at radius 2 is 1.78 bits per heavy atom. The Kier molecular flexibility index (Phi) is 5.42. The average molecular weight is 382 g/mol. The summed E-state index contributed by atoms with van der Waals surface area (Å²) in [7, 11) is 0. The number of benzene rings is 1. The van der Waals surface area contributed by atoms with Crippen LogP contribution in [0.2, 0.25) is 5.02 Å². The van der Waals surface area contributed by atoms with Gasteiger partial charge in [0, 0.05) is 28.0 Å². The zero-order valence-electron chi connectivity index (χ0n) is 15.6. The van der Waals surface area contributed by atoms with Crippen LogP contribution in [0.5, 0.6) is 11.6 Å². The quantitative estimate of drug-likeness (QED) is 0.374. The molecule has 0 spiro atoms. The smallest absolute Gasteiger partial charge is 0.223 e. The Labute approximate surface area is 163 Å². The molecule has 3 rings (SSSR count). The first-order valence-corrected chi connectivity index (χ1v) is 8.85. The molecule has 0 aliphatic heterocycles. The van der Waals surface area contributed by atoms with Gasteiger partial charge in [0.05, 0.1) is 5.69 Å². The topological polar surface area (TPSA) is 67.6 Å². The SMILES string of the molecule is Cc1cc(/C(=N\O)c2ccccn2)c(C)c(Oc2c(C)cc(Cl)cc2C)n1. The molecule has 2 heterocycles. The highest BCUT2D eigenvalue weighted by atomic mass is 35.5. The molecular formula is C21H20ClN3O2. The number of rotatable bonds is 4. The minimum atomic E-state index is 0.369. The molecule has 0 unspecified atom stereocenters. The van der Waals surface area contributed by atoms with E-state index >= 15 is 0 Å². The standard InChI is InChI=1S/C21H20ClN3O2/c1-12-9-16(22)10-13(2)20(12)27-21-15(4)17(11-14(3)24-21)19(25-26)18-7-5-6-8-23-18/h5-11,26H,1-4H3/b25-19+. The molecule has 1 N–H and O–H groups in total. The van der Waals surface area contributed by atoms with E-state index < -0.39 is 0 Å². The van der Waals surface area contributed by atoms with E-state index in [1.165, 1.54) is 0 Å². The maximum atomic E-state index is 9.62. The van der Waals surface area contributed by atoms with Crippen LogP contribution in [0.15, 0.2) is 47.8 Å². The van der Waals surface area contributed by atoms with Crippen molar-refractivity contribution in [3.8, 4) is 11.6 Å². The van der Waals surface area contributed by atoms with E-state index in [4.69, 9.17) is 16.3 Å². The second kappa shape index (κ2) is 7.76. The van der Waals surface area contributed by atoms with Gasteiger partial charge in [0.15, 0.2) is 0 Å². The predicted octanol–water partition coefficient (Wildman–Crippen LogP) is 5.38. The fourth-order valence-corrected chi connectivity index (χ4v) is 3.28. The Morgan fingerprint density at radius 1 is 1.07 bits per heavy atom. The molecule has 5 nitrogen and oxygen atoms in total. The van der Waals surface area contributed by atoms with Crippen LogP contribution in [0.25, 0.3) is 0 Å². The van der Waals surface area contributed by atoms with Crippen molar-refractivity contribution >= 4 is 17.3 Å². The molecule has 0 saturated heterocycles. The van der Waals surface area contributed by atoms with Crippen LogP contribution in [-0.2, 0) is 0 Å². The molecule has 0 bridgehead atoms. The summed E-state index contributed by atoms with van der Waals surface area (Å²) >= 11 is 6.11. The van der Waals surface area contributed by atoms with Crippen molar-refractivity contribution in [3.05, 3.63) is 81.3 Å². The minimum absolute atomic E-state index is 0.369. The van der Waals surface area contributed by atoms with Gasteiger partial charge >= 0.3 is 0 Å². The molecule has 3 aromatic rings. The summed E-state index contributed by atoms with van der Waals surface area (Å²) in [6, 6.07) is 11.0. The molecule has 6 heteroatoms. The predicted molar refractivity (Wildman–Crippen MR) is 106 cm³/mol. The van der Waals surface area contributed by atoms with Crippen molar-refractivity contribution in [3.63, 3.8) is 0 Å². The normalized spacial score (nSPS) is 11.5. The van der Waals surface area contributed by atoms with Crippen molar-refractivity contribution in [1.29, 1.82) is 0 Å². The van der Waals surface area contributed by atoms with Crippen LogP contribution >= 0.6 is 11.6 Å². The van der Waals surface area contributed by atoms with E-state index in [9.17, 15) is 5.21 Å². The zero-order chi connectivity index (χ0) is 19.6. The molecule has 138 valence electrons. The van der Waals surface area contributed by atoms with Gasteiger partial charge in [-0.25, -0.2) is 4.98 Å². The van der Waals surface area contributed by atoms with Gasteiger partial charge in [-0.2, -0.15) is 0 Å². The molecule has 2 aromatic heterocycles. The van der Waals surface area contributed by atoms with Gasteiger partial charge in [0.1, 0.15) is 11.5 Å². The summed E-state index contributed by atoms with van der Waals surface area (Å²) in [6.45, 7) is 7.63. The van der Waals surface area contributed by atoms with Gasteiger partial charge in [-0.15, -0.1) is 0 Å². The van der Waals surface area contributed by atoms with Crippen LogP contribution in [0, 0.1) is 27.7 Å². The average Bonchev–Trinajstić information content (AvgIpc) is 2.63. The monoisotopic (exact) mass is 381 g/mol. The van der Waals surface area contributed by atoms with Crippen molar-refractivity contribution in [2.24, 2.45) is 5.16 Å². The fraction of sp³-hybridized carbons (Fsp3) is 0.190. The number of halogens is 1. The lowest BCUT2D eigenvalue weighted by atomic mass is 10.0. The van der Waals surface area contributed by atoms with Gasteiger partial charge < -0.3 is 9.94 Å². The van der Waals surface area contributed by atoms with Crippen molar-refractivity contribution in [2.45, 2.75) is 27.7 Å². The number of nitrogens with zero attached hydrogens (tertiary/aromatic N) is 3. The van der Waals surface area contributed by atoms with E-state index in [0.29, 0.717) is 33.6 Å². The molecule has 27 heavy (non-hydrogen) atoms. The number of aromatic nitrogens is 2. The van der Waals surface area contributed by atoms with Gasteiger partial charge in [-0.05, 0) is 69.2 Å². The van der Waals surface area contributed by atoms with Crippen molar-refractivity contribution < 1.29 is 9.94 Å². The summed E-state index contributed by atoms with van der Waals surface area (Å²) in [5.74, 6) is 1.17. The lowest BCUT2D eigenvalue weighted by Gasteiger charge is -2.16. The molecule has 0 atom stereocenters. The third kappa shape index (κ3) is 3.93. The Bertz CT molecular complexity index is 994. The molecule has 0 fully saturated rings. The second-order valence-corrected chi connectivity index (χ2v) is 6.81. The Morgan fingerprint density at radius 3 is 2.37 bits per heavy atom. The van der Waals surface area contributed by atoms with E-state index in [0.717, 1.165) is 22.4 Å². The molecule has 1 aromatic carbocycles. The number of oxime groups is 1. The van der Waals surface area contributed by atoms with Crippen molar-refractivity contribution in [1.82, 2.24) is 9.97 Å². The number of pyridine rings is 2. The summed E-state index contributed by atoms with van der Waals surface area (Å²) in [5, 5.41) is 13.8. The third-order valence-electron chi connectivity index (χ3n) is 4.24. The van der Waals surface area contributed by atoms with Gasteiger partial charge in [0.25, 0.3) is 0 Å². The van der Waals surface area contributed by atoms with E-state index in [1.807, 2.05) is 58.0 Å². The lowest BCUT2D eigenvalue weighted by molar-refractivity contribution is 0.319. The summed E-state index contributed by atoms with van der Waals surface area (Å²) in [4.78, 5) is 8.81. The number of ether oxygens (including phenoxy) is 1. The van der Waals surface area contributed by atoms with Crippen LogP contribution in [0.1, 0.15) is 33.6 Å². The molecular weight excluding hydrogens is 362 g/mol. The highest BCUT2D eigenvalue weighted by Gasteiger charge is 2.18. The second-order valence-electron chi connectivity index (χ2n) is 6.38. The molecule has 0 amide bonds. The molecule has 0 aliphatic carbocycles. The van der Waals surface area contributed by atoms with Crippen LogP contribution in [0.3, 0.4) is 0 Å². The van der Waals surface area contributed by atoms with Gasteiger partial charge in [0.2, 0.25) is 5.88 Å². The summed E-state index contributed by atoms with van der Waals surface area (Å²) in [6.07, 6.45) is 1.65. The zero-order valence-corrected chi connectivity index (χ0v) is 16.4. The molecule has 0 radical (unpaired) electrons. The Balaban J connectivity index is 2.10. The fourth-order valence-electron chi connectivity index (χ4n) is 2.95. The van der Waals surface area contributed by atoms with E-state index in [2.05, 4.69) is 15.1 Å². The van der Waals surface area contributed by atoms with E-state index in [1.54, 1.807) is 12.3 Å². The highest BCUT2D eigenvalue weighted by Crippen LogP contribution is 2.33. The number of hydrogen-bond donors (Lipinski definition) is 1. The van der Waals surface area contributed by atoms with Gasteiger partial charge in [-0.3, -0.25) is 4.98 Å². The Hall–Kier alpha value is -2.92. The third-order valence-corrected chi connectivity index (χ3v) is 4.46. The first kappa shape index (κ1) is 18.9. The molecule has 0 aliphatic rings. The summed E-state index contributed by atoms with van der Waals surface area (Å²) < 4.78 is 6.15. The summed E-state index contributed by atoms with van der Waals surface area (Å²) in [5.41, 5.74) is 4.99. The van der Waals surface area contributed by atoms with Crippen LogP contribution in [-0.4, -0.2) is 20.9 Å². The first-order valence-electron chi connectivity index (χ1n) is 8.47. The maximum Gasteiger partial charge on any atom is 0.223 e. The van der Waals surface area contributed by atoms with E-state index in [-0.39, 0.29) is 0 Å². The molecule has 0 saturated carbocycles. The largest absolute Gasteiger partial charge is 0.438 e.